The Bertz CT molecular complexity index is 837. The lowest BCUT2D eigenvalue weighted by Gasteiger charge is -2.35. The summed E-state index contributed by atoms with van der Waals surface area (Å²) in [6.45, 7) is 9.10. The Morgan fingerprint density at radius 3 is 2.41 bits per heavy atom. The van der Waals surface area contributed by atoms with Gasteiger partial charge in [-0.15, -0.1) is 0 Å². The van der Waals surface area contributed by atoms with Gasteiger partial charge in [0.05, 0.1) is 19.3 Å². The number of ether oxygens (including phenoxy) is 4. The van der Waals surface area contributed by atoms with Gasteiger partial charge in [0.2, 0.25) is 6.79 Å². The van der Waals surface area contributed by atoms with Crippen molar-refractivity contribution in [3.63, 3.8) is 0 Å². The molecule has 32 heavy (non-hydrogen) atoms. The van der Waals surface area contributed by atoms with Crippen LogP contribution in [-0.4, -0.2) is 80.3 Å². The number of β-amino-alcohol motifs (C(OH)–C–C–N with tert-alkyl or cyclic N) is 1. The number of piperazine rings is 1. The molecule has 1 atom stereocenters. The van der Waals surface area contributed by atoms with Gasteiger partial charge in [-0.3, -0.25) is 9.80 Å². The van der Waals surface area contributed by atoms with Crippen LogP contribution in [0.5, 0.6) is 17.2 Å². The lowest BCUT2D eigenvalue weighted by atomic mass is 10.1. The molecule has 174 valence electrons. The highest BCUT2D eigenvalue weighted by Gasteiger charge is 2.20. The molecule has 4 rings (SSSR count). The highest BCUT2D eigenvalue weighted by atomic mass is 16.7. The van der Waals surface area contributed by atoms with Crippen LogP contribution in [0.1, 0.15) is 18.1 Å². The Morgan fingerprint density at radius 2 is 1.62 bits per heavy atom. The Balaban J connectivity index is 1.07. The van der Waals surface area contributed by atoms with Gasteiger partial charge in [-0.2, -0.15) is 0 Å². The average Bonchev–Trinajstić information content (AvgIpc) is 3.28. The molecular weight excluding hydrogens is 408 g/mol. The average molecular weight is 443 g/mol. The third-order valence-electron chi connectivity index (χ3n) is 5.92. The van der Waals surface area contributed by atoms with E-state index < -0.39 is 6.10 Å². The molecule has 2 aromatic rings. The number of benzene rings is 2. The molecule has 0 unspecified atom stereocenters. The maximum Gasteiger partial charge on any atom is 0.231 e. The fourth-order valence-corrected chi connectivity index (χ4v) is 4.04. The lowest BCUT2D eigenvalue weighted by Crippen LogP contribution is -2.48. The molecule has 1 fully saturated rings. The molecule has 1 saturated heterocycles. The summed E-state index contributed by atoms with van der Waals surface area (Å²) in [6.07, 6.45) is 0.537. The Hall–Kier alpha value is -2.32. The van der Waals surface area contributed by atoms with Crippen LogP contribution in [0.25, 0.3) is 0 Å². The summed E-state index contributed by atoms with van der Waals surface area (Å²) < 4.78 is 22.1. The first kappa shape index (κ1) is 22.9. The van der Waals surface area contributed by atoms with Crippen LogP contribution in [0.4, 0.5) is 0 Å². The largest absolute Gasteiger partial charge is 0.491 e. The van der Waals surface area contributed by atoms with Crippen LogP contribution in [0.3, 0.4) is 0 Å². The number of fused-ring (bicyclic) bond motifs is 1. The van der Waals surface area contributed by atoms with Gasteiger partial charge in [-0.1, -0.05) is 25.1 Å². The predicted molar refractivity (Wildman–Crippen MR) is 122 cm³/mol. The SMILES string of the molecule is CCc1ccc(OCCOC[C@@H](O)CN2CCN(Cc3ccc4c(c3)OCO4)CC2)cc1. The third kappa shape index (κ3) is 6.59. The number of aryl methyl sites for hydroxylation is 1. The zero-order valence-electron chi connectivity index (χ0n) is 18.9. The van der Waals surface area contributed by atoms with Crippen molar-refractivity contribution in [3.8, 4) is 17.2 Å². The molecule has 0 amide bonds. The Kier molecular flexibility index (Phi) is 8.23. The molecule has 0 saturated carbocycles. The first-order valence-corrected chi connectivity index (χ1v) is 11.5. The van der Waals surface area contributed by atoms with Crippen LogP contribution < -0.4 is 14.2 Å². The van der Waals surface area contributed by atoms with E-state index in [1.807, 2.05) is 18.2 Å². The van der Waals surface area contributed by atoms with Gasteiger partial charge < -0.3 is 24.1 Å². The Morgan fingerprint density at radius 1 is 0.906 bits per heavy atom. The molecule has 2 aliphatic heterocycles. The van der Waals surface area contributed by atoms with Crippen molar-refractivity contribution in [2.75, 3.05) is 59.3 Å². The van der Waals surface area contributed by atoms with Gasteiger partial charge in [0.1, 0.15) is 12.4 Å². The van der Waals surface area contributed by atoms with Gasteiger partial charge in [-0.05, 0) is 41.8 Å². The molecule has 7 nitrogen and oxygen atoms in total. The van der Waals surface area contributed by atoms with E-state index >= 15 is 0 Å². The molecule has 0 aromatic heterocycles. The molecule has 0 aliphatic carbocycles. The summed E-state index contributed by atoms with van der Waals surface area (Å²) in [5.74, 6) is 2.51. The number of aliphatic hydroxyl groups excluding tert-OH is 1. The van der Waals surface area contributed by atoms with E-state index in [1.54, 1.807) is 0 Å². The van der Waals surface area contributed by atoms with Crippen molar-refractivity contribution in [2.45, 2.75) is 26.0 Å². The van der Waals surface area contributed by atoms with Gasteiger partial charge in [0.25, 0.3) is 0 Å². The van der Waals surface area contributed by atoms with Crippen molar-refractivity contribution in [3.05, 3.63) is 53.6 Å². The second-order valence-corrected chi connectivity index (χ2v) is 8.34. The monoisotopic (exact) mass is 442 g/mol. The van der Waals surface area contributed by atoms with Crippen LogP contribution in [0.15, 0.2) is 42.5 Å². The molecule has 0 bridgehead atoms. The predicted octanol–water partition coefficient (Wildman–Crippen LogP) is 2.55. The molecule has 2 aliphatic rings. The number of aliphatic hydroxyl groups is 1. The smallest absolute Gasteiger partial charge is 0.231 e. The lowest BCUT2D eigenvalue weighted by molar-refractivity contribution is -0.000439. The summed E-state index contributed by atoms with van der Waals surface area (Å²) in [5.41, 5.74) is 2.53. The van der Waals surface area contributed by atoms with Crippen molar-refractivity contribution in [2.24, 2.45) is 0 Å². The van der Waals surface area contributed by atoms with Crippen LogP contribution in [0.2, 0.25) is 0 Å². The molecule has 2 aromatic carbocycles. The van der Waals surface area contributed by atoms with Crippen LogP contribution >= 0.6 is 0 Å². The fourth-order valence-electron chi connectivity index (χ4n) is 4.04. The van der Waals surface area contributed by atoms with Crippen LogP contribution in [0, 0.1) is 0 Å². The maximum absolute atomic E-state index is 10.3. The van der Waals surface area contributed by atoms with Gasteiger partial charge in [0.15, 0.2) is 11.5 Å². The van der Waals surface area contributed by atoms with Crippen LogP contribution in [-0.2, 0) is 17.7 Å². The number of hydrogen-bond donors (Lipinski definition) is 1. The van der Waals surface area contributed by atoms with E-state index in [2.05, 4.69) is 41.0 Å². The second kappa shape index (κ2) is 11.5. The van der Waals surface area contributed by atoms with E-state index in [4.69, 9.17) is 18.9 Å². The molecule has 1 N–H and O–H groups in total. The van der Waals surface area contributed by atoms with E-state index in [-0.39, 0.29) is 0 Å². The van der Waals surface area contributed by atoms with Crippen molar-refractivity contribution >= 4 is 0 Å². The zero-order valence-corrected chi connectivity index (χ0v) is 18.9. The topological polar surface area (TPSA) is 63.6 Å². The molecule has 7 heteroatoms. The van der Waals surface area contributed by atoms with Crippen molar-refractivity contribution < 1.29 is 24.1 Å². The summed E-state index contributed by atoms with van der Waals surface area (Å²) in [5, 5.41) is 10.3. The third-order valence-corrected chi connectivity index (χ3v) is 5.92. The molecular formula is C25H34N2O5. The normalized spacial score (nSPS) is 17.4. The summed E-state index contributed by atoms with van der Waals surface area (Å²) >= 11 is 0. The van der Waals surface area contributed by atoms with E-state index in [1.165, 1.54) is 11.1 Å². The zero-order chi connectivity index (χ0) is 22.2. The van der Waals surface area contributed by atoms with E-state index in [0.29, 0.717) is 33.2 Å². The quantitative estimate of drug-likeness (QED) is 0.537. The van der Waals surface area contributed by atoms with Crippen molar-refractivity contribution in [1.29, 1.82) is 0 Å². The number of nitrogens with zero attached hydrogens (tertiary/aromatic N) is 2. The Labute approximate surface area is 190 Å². The molecule has 0 radical (unpaired) electrons. The van der Waals surface area contributed by atoms with Crippen molar-refractivity contribution in [1.82, 2.24) is 9.80 Å². The molecule has 2 heterocycles. The minimum absolute atomic E-state index is 0.309. The summed E-state index contributed by atoms with van der Waals surface area (Å²) in [4.78, 5) is 4.73. The maximum atomic E-state index is 10.3. The van der Waals surface area contributed by atoms with Gasteiger partial charge in [0, 0.05) is 39.3 Å². The van der Waals surface area contributed by atoms with Gasteiger partial charge in [-0.25, -0.2) is 0 Å². The first-order chi connectivity index (χ1) is 15.7. The summed E-state index contributed by atoms with van der Waals surface area (Å²) in [7, 11) is 0. The first-order valence-electron chi connectivity index (χ1n) is 11.5. The highest BCUT2D eigenvalue weighted by Crippen LogP contribution is 2.32. The minimum atomic E-state index is -0.487. The van der Waals surface area contributed by atoms with E-state index in [0.717, 1.165) is 56.4 Å². The number of rotatable bonds is 11. The highest BCUT2D eigenvalue weighted by molar-refractivity contribution is 5.44. The fraction of sp³-hybridized carbons (Fsp3) is 0.520. The minimum Gasteiger partial charge on any atom is -0.491 e. The van der Waals surface area contributed by atoms with Gasteiger partial charge >= 0.3 is 0 Å². The van der Waals surface area contributed by atoms with E-state index in [9.17, 15) is 5.11 Å². The second-order valence-electron chi connectivity index (χ2n) is 8.34. The standard InChI is InChI=1S/C25H34N2O5/c1-2-20-3-6-23(7-4-20)30-14-13-29-18-22(28)17-27-11-9-26(10-12-27)16-21-5-8-24-25(15-21)32-19-31-24/h3-8,15,22,28H,2,9-14,16-19H2,1H3/t22-/m0/s1. The summed E-state index contributed by atoms with van der Waals surface area (Å²) in [6, 6.07) is 14.3. The number of hydrogen-bond acceptors (Lipinski definition) is 7. The molecule has 0 spiro atoms.